The first-order chi connectivity index (χ1) is 15.0. The second-order valence-corrected chi connectivity index (χ2v) is 6.65. The number of imidazole rings is 1. The summed E-state index contributed by atoms with van der Waals surface area (Å²) in [6.45, 7) is 0.228. The number of benzene rings is 2. The minimum Gasteiger partial charge on any atom is -0.435 e. The number of guanidine groups is 1. The molecule has 0 spiro atoms. The van der Waals surface area contributed by atoms with Gasteiger partial charge in [-0.15, -0.1) is 0 Å². The highest BCUT2D eigenvalue weighted by Crippen LogP contribution is 2.19. The molecule has 1 unspecified atom stereocenters. The second kappa shape index (κ2) is 11.1. The molecule has 0 saturated heterocycles. The first kappa shape index (κ1) is 22.2. The molecular weight excluding hydrogens is 404 g/mol. The summed E-state index contributed by atoms with van der Waals surface area (Å²) in [6, 6.07) is 15.8. The van der Waals surface area contributed by atoms with Gasteiger partial charge in [0.2, 0.25) is 0 Å². The number of hydrogen-bond acceptors (Lipinski definition) is 4. The van der Waals surface area contributed by atoms with Crippen molar-refractivity contribution in [3.8, 4) is 17.0 Å². The van der Waals surface area contributed by atoms with E-state index >= 15 is 0 Å². The first-order valence-corrected chi connectivity index (χ1v) is 9.89. The Labute approximate surface area is 179 Å². The maximum atomic E-state index is 12.2. The van der Waals surface area contributed by atoms with E-state index in [0.717, 1.165) is 11.3 Å². The number of nitrogens with zero attached hydrogens (tertiary/aromatic N) is 2. The predicted octanol–water partition coefficient (Wildman–Crippen LogP) is 3.47. The average Bonchev–Trinajstić information content (AvgIpc) is 3.25. The fourth-order valence-electron chi connectivity index (χ4n) is 2.89. The van der Waals surface area contributed by atoms with E-state index in [1.54, 1.807) is 18.3 Å². The standard InChI is InChI=1S/C22H25F2N5O2/c1-2-25-22(27-13-19(30)16-8-10-17(11-9-16)31-21(23)24)28-14-20-26-12-18(29-20)15-6-4-3-5-7-15/h3-12,19,21,30H,2,13-14H2,1H3,(H,26,29)(H2,25,27,28). The Morgan fingerprint density at radius 2 is 1.87 bits per heavy atom. The minimum absolute atomic E-state index is 0.0436. The van der Waals surface area contributed by atoms with Gasteiger partial charge in [0.1, 0.15) is 18.1 Å². The SMILES string of the molecule is CCNC(=NCc1ncc(-c2ccccc2)[nH]1)NCC(O)c1ccc(OC(F)F)cc1. The number of rotatable bonds is 9. The van der Waals surface area contributed by atoms with Crippen LogP contribution >= 0.6 is 0 Å². The van der Waals surface area contributed by atoms with Crippen LogP contribution in [0.15, 0.2) is 65.8 Å². The summed E-state index contributed by atoms with van der Waals surface area (Å²) < 4.78 is 28.8. The van der Waals surface area contributed by atoms with Crippen LogP contribution in [0.2, 0.25) is 0 Å². The van der Waals surface area contributed by atoms with Gasteiger partial charge in [0.15, 0.2) is 5.96 Å². The summed E-state index contributed by atoms with van der Waals surface area (Å²) >= 11 is 0. The Morgan fingerprint density at radius 1 is 1.13 bits per heavy atom. The molecule has 164 valence electrons. The van der Waals surface area contributed by atoms with Crippen LogP contribution in [0.4, 0.5) is 8.78 Å². The van der Waals surface area contributed by atoms with Gasteiger partial charge < -0.3 is 25.5 Å². The number of halogens is 2. The van der Waals surface area contributed by atoms with Crippen LogP contribution in [-0.2, 0) is 6.54 Å². The second-order valence-electron chi connectivity index (χ2n) is 6.65. The summed E-state index contributed by atoms with van der Waals surface area (Å²) in [6.07, 6.45) is 0.920. The summed E-state index contributed by atoms with van der Waals surface area (Å²) in [5.74, 6) is 1.28. The van der Waals surface area contributed by atoms with Crippen LogP contribution in [0.3, 0.4) is 0 Å². The lowest BCUT2D eigenvalue weighted by Gasteiger charge is -2.16. The molecule has 2 aromatic carbocycles. The van der Waals surface area contributed by atoms with Gasteiger partial charge in [-0.05, 0) is 30.2 Å². The average molecular weight is 429 g/mol. The molecule has 3 aromatic rings. The fourth-order valence-corrected chi connectivity index (χ4v) is 2.89. The normalized spacial score (nSPS) is 12.6. The number of hydrogen-bond donors (Lipinski definition) is 4. The number of aromatic nitrogens is 2. The van der Waals surface area contributed by atoms with Gasteiger partial charge in [0, 0.05) is 13.1 Å². The zero-order valence-corrected chi connectivity index (χ0v) is 17.1. The third kappa shape index (κ3) is 6.78. The zero-order chi connectivity index (χ0) is 22.1. The molecule has 1 atom stereocenters. The molecule has 1 heterocycles. The molecule has 0 aliphatic carbocycles. The molecule has 0 amide bonds. The Balaban J connectivity index is 1.56. The summed E-state index contributed by atoms with van der Waals surface area (Å²) in [5, 5.41) is 16.6. The number of aromatic amines is 1. The number of H-pyrrole nitrogens is 1. The van der Waals surface area contributed by atoms with Crippen molar-refractivity contribution < 1.29 is 18.6 Å². The minimum atomic E-state index is -2.88. The van der Waals surface area contributed by atoms with Gasteiger partial charge in [0.25, 0.3) is 0 Å². The van der Waals surface area contributed by atoms with E-state index in [2.05, 4.69) is 30.3 Å². The van der Waals surface area contributed by atoms with Crippen LogP contribution in [0.5, 0.6) is 5.75 Å². The molecule has 31 heavy (non-hydrogen) atoms. The third-order valence-corrected chi connectivity index (χ3v) is 4.40. The maximum absolute atomic E-state index is 12.2. The molecule has 9 heteroatoms. The topological polar surface area (TPSA) is 94.6 Å². The van der Waals surface area contributed by atoms with Crippen molar-refractivity contribution in [2.45, 2.75) is 26.2 Å². The van der Waals surface area contributed by atoms with Crippen molar-refractivity contribution in [2.24, 2.45) is 4.99 Å². The monoisotopic (exact) mass is 429 g/mol. The molecule has 0 saturated carbocycles. The van der Waals surface area contributed by atoms with Gasteiger partial charge in [-0.25, -0.2) is 9.98 Å². The van der Waals surface area contributed by atoms with E-state index in [4.69, 9.17) is 0 Å². The number of aliphatic hydroxyl groups is 1. The molecule has 0 fully saturated rings. The first-order valence-electron chi connectivity index (χ1n) is 9.89. The van der Waals surface area contributed by atoms with Gasteiger partial charge >= 0.3 is 6.61 Å². The molecule has 0 aliphatic heterocycles. The zero-order valence-electron chi connectivity index (χ0n) is 17.1. The Hall–Kier alpha value is -3.46. The number of aliphatic imine (C=N–C) groups is 1. The van der Waals surface area contributed by atoms with Crippen LogP contribution < -0.4 is 15.4 Å². The van der Waals surface area contributed by atoms with Gasteiger partial charge in [-0.3, -0.25) is 0 Å². The van der Waals surface area contributed by atoms with Crippen molar-refractivity contribution in [1.82, 2.24) is 20.6 Å². The van der Waals surface area contributed by atoms with Crippen LogP contribution in [0, 0.1) is 0 Å². The van der Waals surface area contributed by atoms with Crippen LogP contribution in [0.1, 0.15) is 24.4 Å². The highest BCUT2D eigenvalue weighted by molar-refractivity contribution is 5.79. The van der Waals surface area contributed by atoms with Crippen molar-refractivity contribution in [2.75, 3.05) is 13.1 Å². The molecule has 0 aliphatic rings. The molecule has 7 nitrogen and oxygen atoms in total. The number of ether oxygens (including phenoxy) is 1. The van der Waals surface area contributed by atoms with Crippen molar-refractivity contribution >= 4 is 5.96 Å². The number of alkyl halides is 2. The Bertz CT molecular complexity index is 962. The van der Waals surface area contributed by atoms with Gasteiger partial charge in [-0.2, -0.15) is 8.78 Å². The Kier molecular flexibility index (Phi) is 7.94. The highest BCUT2D eigenvalue weighted by atomic mass is 19.3. The largest absolute Gasteiger partial charge is 0.435 e. The smallest absolute Gasteiger partial charge is 0.387 e. The van der Waals surface area contributed by atoms with E-state index in [1.165, 1.54) is 12.1 Å². The highest BCUT2D eigenvalue weighted by Gasteiger charge is 2.10. The quantitative estimate of drug-likeness (QED) is 0.309. The summed E-state index contributed by atoms with van der Waals surface area (Å²) in [7, 11) is 0. The van der Waals surface area contributed by atoms with E-state index in [-0.39, 0.29) is 12.3 Å². The lowest BCUT2D eigenvalue weighted by Crippen LogP contribution is -2.39. The van der Waals surface area contributed by atoms with Crippen molar-refractivity contribution in [3.05, 3.63) is 72.2 Å². The molecule has 4 N–H and O–H groups in total. The summed E-state index contributed by atoms with van der Waals surface area (Å²) in [5.41, 5.74) is 2.53. The summed E-state index contributed by atoms with van der Waals surface area (Å²) in [4.78, 5) is 12.1. The van der Waals surface area contributed by atoms with Crippen molar-refractivity contribution in [1.29, 1.82) is 0 Å². The fraction of sp³-hybridized carbons (Fsp3) is 0.273. The van der Waals surface area contributed by atoms with E-state index < -0.39 is 12.7 Å². The molecule has 0 radical (unpaired) electrons. The van der Waals surface area contributed by atoms with Crippen LogP contribution in [-0.4, -0.2) is 40.7 Å². The molecule has 0 bridgehead atoms. The maximum Gasteiger partial charge on any atom is 0.387 e. The van der Waals surface area contributed by atoms with Crippen LogP contribution in [0.25, 0.3) is 11.3 Å². The Morgan fingerprint density at radius 3 is 2.55 bits per heavy atom. The lowest BCUT2D eigenvalue weighted by atomic mass is 10.1. The predicted molar refractivity (Wildman–Crippen MR) is 115 cm³/mol. The van der Waals surface area contributed by atoms with Crippen molar-refractivity contribution in [3.63, 3.8) is 0 Å². The van der Waals surface area contributed by atoms with E-state index in [9.17, 15) is 13.9 Å². The number of nitrogens with one attached hydrogen (secondary N) is 3. The molecule has 1 aromatic heterocycles. The lowest BCUT2D eigenvalue weighted by molar-refractivity contribution is -0.0498. The van der Waals surface area contributed by atoms with Gasteiger partial charge in [-0.1, -0.05) is 42.5 Å². The van der Waals surface area contributed by atoms with Gasteiger partial charge in [0.05, 0.1) is 18.0 Å². The molecular formula is C22H25F2N5O2. The third-order valence-electron chi connectivity index (χ3n) is 4.40. The number of aliphatic hydroxyl groups excluding tert-OH is 1. The van der Waals surface area contributed by atoms with E-state index in [0.29, 0.717) is 30.4 Å². The van der Waals surface area contributed by atoms with E-state index in [1.807, 2.05) is 37.3 Å². The molecule has 3 rings (SSSR count).